The van der Waals surface area contributed by atoms with Crippen LogP contribution in [0, 0.1) is 11.8 Å². The zero-order valence-electron chi connectivity index (χ0n) is 21.2. The van der Waals surface area contributed by atoms with Crippen molar-refractivity contribution in [3.63, 3.8) is 0 Å². The minimum atomic E-state index is -1.11. The summed E-state index contributed by atoms with van der Waals surface area (Å²) in [6, 6.07) is 3.46. The fraction of sp³-hybridized carbons (Fsp3) is 0.720. The number of esters is 1. The number of hydrogen-bond acceptors (Lipinski definition) is 8. The van der Waals surface area contributed by atoms with Crippen molar-refractivity contribution in [2.75, 3.05) is 58.2 Å². The van der Waals surface area contributed by atoms with Crippen molar-refractivity contribution in [1.29, 1.82) is 0 Å². The molecule has 1 aliphatic heterocycles. The van der Waals surface area contributed by atoms with Gasteiger partial charge in [-0.05, 0) is 50.2 Å². The van der Waals surface area contributed by atoms with E-state index in [1.807, 2.05) is 19.9 Å². The third-order valence-electron chi connectivity index (χ3n) is 6.88. The number of alkyl halides is 1. The van der Waals surface area contributed by atoms with Gasteiger partial charge in [0.05, 0.1) is 25.9 Å². The molecule has 0 radical (unpaired) electrons. The average molecular weight is 496 g/mol. The molecule has 1 saturated heterocycles. The number of pyridine rings is 1. The van der Waals surface area contributed by atoms with Crippen LogP contribution in [0.2, 0.25) is 0 Å². The highest BCUT2D eigenvalue weighted by atomic mass is 19.1. The van der Waals surface area contributed by atoms with Crippen LogP contribution in [0.4, 0.5) is 10.1 Å². The monoisotopic (exact) mass is 495 g/mol. The maximum absolute atomic E-state index is 13.1. The van der Waals surface area contributed by atoms with Gasteiger partial charge in [-0.1, -0.05) is 13.8 Å². The Balaban J connectivity index is 1.72. The van der Waals surface area contributed by atoms with Gasteiger partial charge in [0.25, 0.3) is 5.91 Å². The van der Waals surface area contributed by atoms with Gasteiger partial charge in [-0.3, -0.25) is 4.79 Å². The Hall–Kier alpha value is -2.46. The Morgan fingerprint density at radius 2 is 1.89 bits per heavy atom. The summed E-state index contributed by atoms with van der Waals surface area (Å²) in [6.45, 7) is 7.66. The highest BCUT2D eigenvalue weighted by Gasteiger charge is 2.40. The molecule has 0 spiro atoms. The second-order valence-corrected chi connectivity index (χ2v) is 9.08. The molecule has 1 N–H and O–H groups in total. The molecule has 1 aromatic rings. The number of nitrogens with one attached hydrogen (secondary N) is 1. The van der Waals surface area contributed by atoms with Crippen LogP contribution in [0.5, 0.6) is 5.88 Å². The molecule has 2 fully saturated rings. The molecule has 35 heavy (non-hydrogen) atoms. The van der Waals surface area contributed by atoms with Gasteiger partial charge in [0.15, 0.2) is 0 Å². The lowest BCUT2D eigenvalue weighted by Gasteiger charge is -2.40. The van der Waals surface area contributed by atoms with Crippen molar-refractivity contribution in [2.45, 2.75) is 51.7 Å². The number of hydrogen-bond donors (Lipinski definition) is 1. The van der Waals surface area contributed by atoms with E-state index in [2.05, 4.69) is 15.2 Å². The number of carbonyl (C=O) groups excluding carboxylic acids is 2. The van der Waals surface area contributed by atoms with E-state index in [9.17, 15) is 14.0 Å². The molecule has 1 amide bonds. The summed E-state index contributed by atoms with van der Waals surface area (Å²) >= 11 is 0. The van der Waals surface area contributed by atoms with E-state index in [4.69, 9.17) is 18.9 Å². The van der Waals surface area contributed by atoms with E-state index >= 15 is 0 Å². The molecule has 0 bridgehead atoms. The van der Waals surface area contributed by atoms with Crippen LogP contribution in [0.3, 0.4) is 0 Å². The summed E-state index contributed by atoms with van der Waals surface area (Å²) in [6.07, 6.45) is 1.89. The zero-order chi connectivity index (χ0) is 25.4. The van der Waals surface area contributed by atoms with Gasteiger partial charge in [-0.2, -0.15) is 0 Å². The van der Waals surface area contributed by atoms with Crippen LogP contribution in [0.25, 0.3) is 0 Å². The molecule has 2 atom stereocenters. The number of halogens is 1. The number of rotatable bonds is 15. The SMILES string of the molecule is CCOC(=O)C(CC)(CC)NC(=O)c1ccc(N2CC(OC)C2)c(OC[C@H]2C[C@@H]2COCCF)n1. The van der Waals surface area contributed by atoms with Crippen molar-refractivity contribution in [3.05, 3.63) is 17.8 Å². The molecular weight excluding hydrogens is 457 g/mol. The predicted molar refractivity (Wildman–Crippen MR) is 129 cm³/mol. The molecular formula is C25H38FN3O6. The molecule has 1 aromatic heterocycles. The van der Waals surface area contributed by atoms with Crippen LogP contribution in [-0.4, -0.2) is 81.8 Å². The lowest BCUT2D eigenvalue weighted by molar-refractivity contribution is -0.151. The normalized spacial score (nSPS) is 19.7. The smallest absolute Gasteiger partial charge is 0.331 e. The quantitative estimate of drug-likeness (QED) is 0.293. The number of methoxy groups -OCH3 is 1. The summed E-state index contributed by atoms with van der Waals surface area (Å²) in [5.41, 5.74) is -0.150. The van der Waals surface area contributed by atoms with Crippen molar-refractivity contribution < 1.29 is 32.9 Å². The van der Waals surface area contributed by atoms with E-state index in [0.717, 1.165) is 12.1 Å². The van der Waals surface area contributed by atoms with Crippen LogP contribution in [-0.2, 0) is 19.0 Å². The molecule has 9 nitrogen and oxygen atoms in total. The second-order valence-electron chi connectivity index (χ2n) is 9.08. The molecule has 0 aromatic carbocycles. The molecule has 2 heterocycles. The van der Waals surface area contributed by atoms with E-state index in [0.29, 0.717) is 56.9 Å². The molecule has 0 unspecified atom stereocenters. The first-order chi connectivity index (χ1) is 16.9. The topological polar surface area (TPSA) is 99.2 Å². The molecule has 10 heteroatoms. The summed E-state index contributed by atoms with van der Waals surface area (Å²) < 4.78 is 34.2. The lowest BCUT2D eigenvalue weighted by atomic mass is 9.92. The fourth-order valence-electron chi connectivity index (χ4n) is 4.20. The van der Waals surface area contributed by atoms with Crippen molar-refractivity contribution >= 4 is 17.6 Å². The highest BCUT2D eigenvalue weighted by molar-refractivity contribution is 5.97. The maximum atomic E-state index is 13.1. The number of ether oxygens (including phenoxy) is 4. The van der Waals surface area contributed by atoms with Crippen molar-refractivity contribution in [2.24, 2.45) is 11.8 Å². The van der Waals surface area contributed by atoms with Crippen molar-refractivity contribution in [1.82, 2.24) is 10.3 Å². The first kappa shape index (κ1) is 27.1. The number of nitrogens with zero attached hydrogens (tertiary/aromatic N) is 2. The molecule has 2 aliphatic rings. The molecule has 1 saturated carbocycles. The maximum Gasteiger partial charge on any atom is 0.331 e. The summed E-state index contributed by atoms with van der Waals surface area (Å²) in [7, 11) is 1.68. The average Bonchev–Trinajstić information content (AvgIpc) is 3.59. The largest absolute Gasteiger partial charge is 0.476 e. The van der Waals surface area contributed by atoms with E-state index < -0.39 is 24.1 Å². The van der Waals surface area contributed by atoms with Gasteiger partial charge in [0.1, 0.15) is 23.6 Å². The van der Waals surface area contributed by atoms with Crippen molar-refractivity contribution in [3.8, 4) is 5.88 Å². The van der Waals surface area contributed by atoms with E-state index in [1.165, 1.54) is 0 Å². The second kappa shape index (κ2) is 12.5. The number of anilines is 1. The van der Waals surface area contributed by atoms with Gasteiger partial charge in [-0.25, -0.2) is 14.2 Å². The van der Waals surface area contributed by atoms with Crippen LogP contribution < -0.4 is 15.0 Å². The Morgan fingerprint density at radius 3 is 2.51 bits per heavy atom. The Bertz CT molecular complexity index is 860. The van der Waals surface area contributed by atoms with Crippen LogP contribution in [0.15, 0.2) is 12.1 Å². The molecule has 196 valence electrons. The van der Waals surface area contributed by atoms with Crippen LogP contribution >= 0.6 is 0 Å². The van der Waals surface area contributed by atoms with E-state index in [1.54, 1.807) is 20.1 Å². The standard InChI is InChI=1S/C25H38FN3O6/c1-5-25(6-2,24(31)34-7-3)28-22(30)20-8-9-21(29-13-19(14-29)32-4)23(27-20)35-16-18-12-17(18)15-33-11-10-26/h8-9,17-19H,5-7,10-16H2,1-4H3,(H,28,30)/t17-,18-/m1/s1. The highest BCUT2D eigenvalue weighted by Crippen LogP contribution is 2.40. The third-order valence-corrected chi connectivity index (χ3v) is 6.88. The van der Waals surface area contributed by atoms with Gasteiger partial charge in [0, 0.05) is 26.8 Å². The fourth-order valence-corrected chi connectivity index (χ4v) is 4.20. The molecule has 1 aliphatic carbocycles. The van der Waals surface area contributed by atoms with Gasteiger partial charge < -0.3 is 29.2 Å². The zero-order valence-corrected chi connectivity index (χ0v) is 21.2. The summed E-state index contributed by atoms with van der Waals surface area (Å²) in [4.78, 5) is 32.3. The Labute approximate surface area is 206 Å². The number of carbonyl (C=O) groups is 2. The number of aromatic nitrogens is 1. The third kappa shape index (κ3) is 6.61. The first-order valence-corrected chi connectivity index (χ1v) is 12.5. The summed E-state index contributed by atoms with van der Waals surface area (Å²) in [5.74, 6) is 0.115. The lowest BCUT2D eigenvalue weighted by Crippen LogP contribution is -2.54. The molecule has 3 rings (SSSR count). The summed E-state index contributed by atoms with van der Waals surface area (Å²) in [5, 5.41) is 2.85. The van der Waals surface area contributed by atoms with Gasteiger partial charge >= 0.3 is 5.97 Å². The van der Waals surface area contributed by atoms with Crippen LogP contribution in [0.1, 0.15) is 50.5 Å². The predicted octanol–water partition coefficient (Wildman–Crippen LogP) is 2.77. The first-order valence-electron chi connectivity index (χ1n) is 12.5. The minimum Gasteiger partial charge on any atom is -0.476 e. The Morgan fingerprint density at radius 1 is 1.17 bits per heavy atom. The van der Waals surface area contributed by atoms with E-state index in [-0.39, 0.29) is 25.0 Å². The van der Waals surface area contributed by atoms with Gasteiger partial charge in [-0.15, -0.1) is 0 Å². The Kier molecular flexibility index (Phi) is 9.68. The number of amides is 1. The van der Waals surface area contributed by atoms with Gasteiger partial charge in [0.2, 0.25) is 5.88 Å². The minimum absolute atomic E-state index is 0.116.